The van der Waals surface area contributed by atoms with E-state index in [4.69, 9.17) is 13.9 Å². The summed E-state index contributed by atoms with van der Waals surface area (Å²) >= 11 is 0. The highest BCUT2D eigenvalue weighted by atomic mass is 16.5. The van der Waals surface area contributed by atoms with Crippen molar-refractivity contribution >= 4 is 16.9 Å². The number of hydrogen-bond donors (Lipinski definition) is 1. The van der Waals surface area contributed by atoms with Crippen LogP contribution in [0.4, 0.5) is 0 Å². The molecule has 0 bridgehead atoms. The van der Waals surface area contributed by atoms with Gasteiger partial charge in [0, 0.05) is 6.54 Å². The first-order valence-electron chi connectivity index (χ1n) is 11.4. The highest BCUT2D eigenvalue weighted by Crippen LogP contribution is 2.41. The van der Waals surface area contributed by atoms with Gasteiger partial charge in [0.15, 0.2) is 16.9 Å². The molecular formula is C26H29NO6. The number of carbonyl (C=O) groups is 1. The molecule has 1 N–H and O–H groups in total. The number of aryl methyl sites for hydroxylation is 1. The molecule has 0 unspecified atom stereocenters. The van der Waals surface area contributed by atoms with Gasteiger partial charge in [0.05, 0.1) is 36.8 Å². The topological polar surface area (TPSA) is 89.2 Å². The number of amides is 1. The molecule has 1 aliphatic rings. The number of benzene rings is 2. The summed E-state index contributed by atoms with van der Waals surface area (Å²) in [7, 11) is 0. The lowest BCUT2D eigenvalue weighted by atomic mass is 9.97. The number of unbranched alkanes of at least 4 members (excludes halogenated alkanes) is 1. The van der Waals surface area contributed by atoms with Crippen molar-refractivity contribution in [2.45, 2.75) is 39.7 Å². The van der Waals surface area contributed by atoms with E-state index in [1.54, 1.807) is 12.1 Å². The van der Waals surface area contributed by atoms with Crippen molar-refractivity contribution in [2.24, 2.45) is 0 Å². The second-order valence-electron chi connectivity index (χ2n) is 8.14. The van der Waals surface area contributed by atoms with Gasteiger partial charge in [0.2, 0.25) is 5.76 Å². The Hall–Kier alpha value is -3.32. The fourth-order valence-corrected chi connectivity index (χ4v) is 4.23. The summed E-state index contributed by atoms with van der Waals surface area (Å²) in [6.07, 6.45) is 1.94. The average Bonchev–Trinajstić information content (AvgIpc) is 3.08. The van der Waals surface area contributed by atoms with E-state index in [0.717, 1.165) is 18.4 Å². The summed E-state index contributed by atoms with van der Waals surface area (Å²) in [5, 5.41) is 10.1. The summed E-state index contributed by atoms with van der Waals surface area (Å²) in [6, 6.07) is 10.1. The molecule has 0 spiro atoms. The minimum atomic E-state index is -0.690. The van der Waals surface area contributed by atoms with Crippen molar-refractivity contribution in [3.63, 3.8) is 0 Å². The molecule has 1 aliphatic heterocycles. The van der Waals surface area contributed by atoms with Gasteiger partial charge in [0.25, 0.3) is 5.91 Å². The zero-order chi connectivity index (χ0) is 23.5. The van der Waals surface area contributed by atoms with E-state index in [2.05, 4.69) is 6.92 Å². The second-order valence-corrected chi connectivity index (χ2v) is 8.14. The van der Waals surface area contributed by atoms with Crippen LogP contribution in [0.2, 0.25) is 0 Å². The number of fused-ring (bicyclic) bond motifs is 2. The van der Waals surface area contributed by atoms with Crippen LogP contribution < -0.4 is 14.9 Å². The Balaban J connectivity index is 1.86. The van der Waals surface area contributed by atoms with Gasteiger partial charge in [-0.3, -0.25) is 9.59 Å². The molecule has 0 radical (unpaired) electrons. The van der Waals surface area contributed by atoms with Crippen molar-refractivity contribution in [3.05, 3.63) is 69.1 Å². The largest absolute Gasteiger partial charge is 0.490 e. The number of aliphatic hydroxyl groups is 1. The van der Waals surface area contributed by atoms with Crippen LogP contribution in [-0.2, 0) is 0 Å². The Morgan fingerprint density at radius 2 is 1.88 bits per heavy atom. The summed E-state index contributed by atoms with van der Waals surface area (Å²) < 4.78 is 17.6. The van der Waals surface area contributed by atoms with Crippen LogP contribution in [0.3, 0.4) is 0 Å². The molecule has 1 aromatic heterocycles. The fourth-order valence-electron chi connectivity index (χ4n) is 4.23. The highest BCUT2D eigenvalue weighted by molar-refractivity contribution is 5.99. The van der Waals surface area contributed by atoms with E-state index in [0.29, 0.717) is 41.2 Å². The van der Waals surface area contributed by atoms with Crippen molar-refractivity contribution in [3.8, 4) is 11.5 Å². The van der Waals surface area contributed by atoms with Crippen LogP contribution in [-0.4, -0.2) is 42.3 Å². The summed E-state index contributed by atoms with van der Waals surface area (Å²) in [4.78, 5) is 28.2. The third kappa shape index (κ3) is 4.20. The number of ether oxygens (including phenoxy) is 2. The van der Waals surface area contributed by atoms with E-state index < -0.39 is 11.9 Å². The Bertz CT molecular complexity index is 1230. The van der Waals surface area contributed by atoms with Gasteiger partial charge >= 0.3 is 0 Å². The molecule has 7 heteroatoms. The average molecular weight is 452 g/mol. The summed E-state index contributed by atoms with van der Waals surface area (Å²) in [5.74, 6) is 0.784. The fraction of sp³-hybridized carbons (Fsp3) is 0.385. The second kappa shape index (κ2) is 9.67. The molecule has 33 heavy (non-hydrogen) atoms. The molecule has 2 aromatic carbocycles. The van der Waals surface area contributed by atoms with Crippen molar-refractivity contribution in [1.82, 2.24) is 4.90 Å². The predicted octanol–water partition coefficient (Wildman–Crippen LogP) is 4.22. The molecule has 174 valence electrons. The zero-order valence-corrected chi connectivity index (χ0v) is 19.2. The van der Waals surface area contributed by atoms with Gasteiger partial charge in [0.1, 0.15) is 5.58 Å². The quantitative estimate of drug-likeness (QED) is 0.490. The summed E-state index contributed by atoms with van der Waals surface area (Å²) in [5.41, 5.74) is 2.04. The molecule has 7 nitrogen and oxygen atoms in total. The third-order valence-corrected chi connectivity index (χ3v) is 5.80. The molecule has 4 rings (SSSR count). The predicted molar refractivity (Wildman–Crippen MR) is 125 cm³/mol. The molecule has 0 fully saturated rings. The maximum atomic E-state index is 13.5. The van der Waals surface area contributed by atoms with Gasteiger partial charge in [-0.05, 0) is 50.1 Å². The van der Waals surface area contributed by atoms with Gasteiger partial charge in [-0.1, -0.05) is 31.0 Å². The Morgan fingerprint density at radius 3 is 2.61 bits per heavy atom. The van der Waals surface area contributed by atoms with Crippen molar-refractivity contribution in [2.75, 3.05) is 26.4 Å². The van der Waals surface area contributed by atoms with Crippen LogP contribution in [0, 0.1) is 6.92 Å². The van der Waals surface area contributed by atoms with E-state index in [1.807, 2.05) is 38.1 Å². The molecule has 1 atom stereocenters. The lowest BCUT2D eigenvalue weighted by Gasteiger charge is -2.25. The molecule has 0 saturated heterocycles. The lowest BCUT2D eigenvalue weighted by Crippen LogP contribution is -2.32. The molecule has 0 saturated carbocycles. The van der Waals surface area contributed by atoms with E-state index in [1.165, 1.54) is 4.90 Å². The SMILES string of the molecule is CCCCOc1ccc([C@@H]2c3c(oc4ccc(C)cc4c3=O)C(=O)N2CCO)cc1OCC. The first-order chi connectivity index (χ1) is 16.0. The van der Waals surface area contributed by atoms with Crippen LogP contribution in [0.15, 0.2) is 45.6 Å². The van der Waals surface area contributed by atoms with Gasteiger partial charge < -0.3 is 23.9 Å². The first kappa shape index (κ1) is 22.9. The third-order valence-electron chi connectivity index (χ3n) is 5.80. The van der Waals surface area contributed by atoms with Crippen molar-refractivity contribution < 1.29 is 23.8 Å². The molecular weight excluding hydrogens is 422 g/mol. The Morgan fingerprint density at radius 1 is 1.06 bits per heavy atom. The van der Waals surface area contributed by atoms with E-state index in [-0.39, 0.29) is 29.9 Å². The molecule has 3 aromatic rings. The van der Waals surface area contributed by atoms with Crippen molar-refractivity contribution in [1.29, 1.82) is 0 Å². The van der Waals surface area contributed by atoms with Gasteiger partial charge in [-0.2, -0.15) is 0 Å². The number of nitrogens with zero attached hydrogens (tertiary/aromatic N) is 1. The monoisotopic (exact) mass is 451 g/mol. The first-order valence-corrected chi connectivity index (χ1v) is 11.4. The van der Waals surface area contributed by atoms with Gasteiger partial charge in [-0.15, -0.1) is 0 Å². The van der Waals surface area contributed by atoms with E-state index in [9.17, 15) is 14.7 Å². The standard InChI is InChI=1S/C26H29NO6/c1-4-6-13-32-20-10-8-17(15-21(20)31-5-2)23-22-24(29)18-14-16(3)7-9-19(18)33-25(22)26(30)27(23)11-12-28/h7-10,14-15,23,28H,4-6,11-13H2,1-3H3/t23-/m1/s1. The number of rotatable bonds is 9. The van der Waals surface area contributed by atoms with Crippen LogP contribution in [0.25, 0.3) is 11.0 Å². The number of aliphatic hydroxyl groups excluding tert-OH is 1. The minimum absolute atomic E-state index is 0.0241. The summed E-state index contributed by atoms with van der Waals surface area (Å²) in [6.45, 7) is 6.74. The van der Waals surface area contributed by atoms with E-state index >= 15 is 0 Å². The molecule has 1 amide bonds. The van der Waals surface area contributed by atoms with Gasteiger partial charge in [-0.25, -0.2) is 0 Å². The smallest absolute Gasteiger partial charge is 0.290 e. The zero-order valence-electron chi connectivity index (χ0n) is 19.2. The highest BCUT2D eigenvalue weighted by Gasteiger charge is 2.42. The lowest BCUT2D eigenvalue weighted by molar-refractivity contribution is 0.0691. The Labute approximate surface area is 192 Å². The number of carbonyl (C=O) groups excluding carboxylic acids is 1. The number of hydrogen-bond acceptors (Lipinski definition) is 6. The molecule has 0 aliphatic carbocycles. The number of β-amino-alcohol motifs (C(OH)–C–C–N with tert-alkyl or cyclic N) is 1. The van der Waals surface area contributed by atoms with Crippen LogP contribution >= 0.6 is 0 Å². The molecule has 2 heterocycles. The Kier molecular flexibility index (Phi) is 6.70. The van der Waals surface area contributed by atoms with Crippen LogP contribution in [0.1, 0.15) is 60.0 Å². The minimum Gasteiger partial charge on any atom is -0.490 e. The van der Waals surface area contributed by atoms with Crippen LogP contribution in [0.5, 0.6) is 11.5 Å². The maximum absolute atomic E-state index is 13.5. The maximum Gasteiger partial charge on any atom is 0.290 e. The normalized spacial score (nSPS) is 15.2.